The number of hydrogen-bond donors (Lipinski definition) is 2. The predicted molar refractivity (Wildman–Crippen MR) is 102 cm³/mol. The highest BCUT2D eigenvalue weighted by atomic mass is 79.9. The van der Waals surface area contributed by atoms with Crippen LogP contribution in [0.4, 0.5) is 10.1 Å². The molecule has 4 aromatic rings. The molecule has 0 atom stereocenters. The number of nitrogens with zero attached hydrogens (tertiary/aromatic N) is 3. The number of benzene rings is 2. The van der Waals surface area contributed by atoms with Crippen molar-refractivity contribution in [3.05, 3.63) is 52.3 Å². The van der Waals surface area contributed by atoms with Gasteiger partial charge in [-0.25, -0.2) is 4.39 Å². The van der Waals surface area contributed by atoms with E-state index >= 15 is 0 Å². The monoisotopic (exact) mass is 431 g/mol. The largest absolute Gasteiger partial charge is 0.490 e. The van der Waals surface area contributed by atoms with E-state index in [9.17, 15) is 4.39 Å². The zero-order valence-corrected chi connectivity index (χ0v) is 15.9. The minimum atomic E-state index is -0.417. The van der Waals surface area contributed by atoms with Gasteiger partial charge in [-0.05, 0) is 51.8 Å². The van der Waals surface area contributed by atoms with Gasteiger partial charge >= 0.3 is 0 Å². The van der Waals surface area contributed by atoms with Crippen LogP contribution in [0.2, 0.25) is 0 Å². The lowest BCUT2D eigenvalue weighted by atomic mass is 10.1. The molecule has 0 saturated heterocycles. The van der Waals surface area contributed by atoms with E-state index in [1.54, 1.807) is 6.07 Å². The van der Waals surface area contributed by atoms with Crippen LogP contribution in [0.1, 0.15) is 12.5 Å². The van der Waals surface area contributed by atoms with E-state index in [0.717, 1.165) is 10.9 Å². The summed E-state index contributed by atoms with van der Waals surface area (Å²) < 4.78 is 25.8. The highest BCUT2D eigenvalue weighted by Crippen LogP contribution is 2.32. The van der Waals surface area contributed by atoms with E-state index < -0.39 is 5.82 Å². The van der Waals surface area contributed by atoms with Gasteiger partial charge in [-0.15, -0.1) is 10.2 Å². The highest BCUT2D eigenvalue weighted by molar-refractivity contribution is 9.10. The number of ether oxygens (including phenoxy) is 1. The molecule has 0 spiro atoms. The molecule has 7 nitrogen and oxygen atoms in total. The zero-order valence-electron chi connectivity index (χ0n) is 14.3. The number of halogens is 2. The SMILES string of the molecule is CCOc1c(F)cc(NCc2ccc3cc(-c4nn[nH]n4)oc3c2)cc1Br. The van der Waals surface area contributed by atoms with Gasteiger partial charge in [-0.2, -0.15) is 5.21 Å². The van der Waals surface area contributed by atoms with Crippen molar-refractivity contribution in [3.63, 3.8) is 0 Å². The molecule has 2 aromatic heterocycles. The fraction of sp³-hybridized carbons (Fsp3) is 0.167. The lowest BCUT2D eigenvalue weighted by molar-refractivity contribution is 0.319. The third kappa shape index (κ3) is 3.63. The van der Waals surface area contributed by atoms with E-state index in [2.05, 4.69) is 41.9 Å². The number of aromatic amines is 1. The summed E-state index contributed by atoms with van der Waals surface area (Å²) in [6, 6.07) is 10.9. The van der Waals surface area contributed by atoms with Gasteiger partial charge < -0.3 is 14.5 Å². The van der Waals surface area contributed by atoms with Crippen LogP contribution in [-0.2, 0) is 6.54 Å². The maximum Gasteiger partial charge on any atom is 0.239 e. The zero-order chi connectivity index (χ0) is 18.8. The van der Waals surface area contributed by atoms with Crippen LogP contribution in [0.3, 0.4) is 0 Å². The van der Waals surface area contributed by atoms with Crippen molar-refractivity contribution < 1.29 is 13.5 Å². The lowest BCUT2D eigenvalue weighted by Gasteiger charge is -2.11. The molecule has 2 aromatic carbocycles. The second-order valence-corrected chi connectivity index (χ2v) is 6.63. The normalized spacial score (nSPS) is 11.1. The van der Waals surface area contributed by atoms with Crippen molar-refractivity contribution in [2.24, 2.45) is 0 Å². The molecule has 0 amide bonds. The van der Waals surface area contributed by atoms with Crippen LogP contribution in [0.25, 0.3) is 22.6 Å². The summed E-state index contributed by atoms with van der Waals surface area (Å²) >= 11 is 3.34. The maximum absolute atomic E-state index is 14.1. The lowest BCUT2D eigenvalue weighted by Crippen LogP contribution is -2.02. The first-order valence-corrected chi connectivity index (χ1v) is 9.05. The summed E-state index contributed by atoms with van der Waals surface area (Å²) in [6.45, 7) is 2.72. The van der Waals surface area contributed by atoms with Gasteiger partial charge in [0.15, 0.2) is 17.3 Å². The molecule has 9 heteroatoms. The van der Waals surface area contributed by atoms with E-state index in [1.165, 1.54) is 6.07 Å². The molecule has 2 heterocycles. The standard InChI is InChI=1S/C18H15BrFN5O2/c1-2-26-17-13(19)7-12(8-14(17)20)21-9-10-3-4-11-6-16(27-15(11)5-10)18-22-24-25-23-18/h3-8,21H,2,9H2,1H3,(H,22,23,24,25). The number of furan rings is 1. The smallest absolute Gasteiger partial charge is 0.239 e. The van der Waals surface area contributed by atoms with Crippen LogP contribution in [0.5, 0.6) is 5.75 Å². The van der Waals surface area contributed by atoms with Gasteiger partial charge in [0, 0.05) is 23.7 Å². The molecule has 27 heavy (non-hydrogen) atoms. The number of hydrogen-bond acceptors (Lipinski definition) is 6. The molecule has 138 valence electrons. The van der Waals surface area contributed by atoms with E-state index in [-0.39, 0.29) is 5.75 Å². The third-order valence-corrected chi connectivity index (χ3v) is 4.52. The van der Waals surface area contributed by atoms with Gasteiger partial charge in [0.25, 0.3) is 0 Å². The Morgan fingerprint density at radius 2 is 2.15 bits per heavy atom. The molecule has 0 radical (unpaired) electrons. The van der Waals surface area contributed by atoms with Crippen molar-refractivity contribution in [1.82, 2.24) is 20.6 Å². The maximum atomic E-state index is 14.1. The number of H-pyrrole nitrogens is 1. The fourth-order valence-corrected chi connectivity index (χ4v) is 3.26. The number of aromatic nitrogens is 4. The summed E-state index contributed by atoms with van der Waals surface area (Å²) in [5, 5.41) is 17.9. The Morgan fingerprint density at radius 1 is 1.26 bits per heavy atom. The molecular formula is C18H15BrFN5O2. The van der Waals surface area contributed by atoms with Gasteiger partial charge in [-0.1, -0.05) is 12.1 Å². The molecule has 0 fully saturated rings. The Hall–Kier alpha value is -2.94. The molecule has 0 aliphatic heterocycles. The number of anilines is 1. The van der Waals surface area contributed by atoms with Crippen LogP contribution >= 0.6 is 15.9 Å². The average Bonchev–Trinajstić information content (AvgIpc) is 3.31. The number of rotatable bonds is 6. The Bertz CT molecular complexity index is 1060. The number of nitrogens with one attached hydrogen (secondary N) is 2. The Labute approximate surface area is 162 Å². The van der Waals surface area contributed by atoms with Crippen molar-refractivity contribution in [3.8, 4) is 17.3 Å². The first-order chi connectivity index (χ1) is 13.1. The van der Waals surface area contributed by atoms with Gasteiger partial charge in [0.1, 0.15) is 5.58 Å². The van der Waals surface area contributed by atoms with Crippen molar-refractivity contribution >= 4 is 32.6 Å². The van der Waals surface area contributed by atoms with Crippen LogP contribution < -0.4 is 10.1 Å². The fourth-order valence-electron chi connectivity index (χ4n) is 2.71. The van der Waals surface area contributed by atoms with E-state index in [0.29, 0.717) is 40.5 Å². The first kappa shape index (κ1) is 17.5. The minimum Gasteiger partial charge on any atom is -0.490 e. The van der Waals surface area contributed by atoms with E-state index in [1.807, 2.05) is 31.2 Å². The second-order valence-electron chi connectivity index (χ2n) is 5.77. The van der Waals surface area contributed by atoms with Crippen LogP contribution in [-0.4, -0.2) is 27.2 Å². The topological polar surface area (TPSA) is 88.9 Å². The van der Waals surface area contributed by atoms with Crippen molar-refractivity contribution in [2.45, 2.75) is 13.5 Å². The van der Waals surface area contributed by atoms with Crippen molar-refractivity contribution in [2.75, 3.05) is 11.9 Å². The summed E-state index contributed by atoms with van der Waals surface area (Å²) in [4.78, 5) is 0. The number of fused-ring (bicyclic) bond motifs is 1. The highest BCUT2D eigenvalue weighted by Gasteiger charge is 2.12. The van der Waals surface area contributed by atoms with Gasteiger partial charge in [-0.3, -0.25) is 0 Å². The molecule has 0 aliphatic rings. The molecule has 0 unspecified atom stereocenters. The summed E-state index contributed by atoms with van der Waals surface area (Å²) in [7, 11) is 0. The Balaban J connectivity index is 1.52. The quantitative estimate of drug-likeness (QED) is 0.466. The Kier molecular flexibility index (Phi) is 4.76. The second kappa shape index (κ2) is 7.36. The predicted octanol–water partition coefficient (Wildman–Crippen LogP) is 4.53. The minimum absolute atomic E-state index is 0.217. The average molecular weight is 432 g/mol. The molecule has 0 aliphatic carbocycles. The van der Waals surface area contributed by atoms with E-state index in [4.69, 9.17) is 9.15 Å². The Morgan fingerprint density at radius 3 is 2.89 bits per heavy atom. The third-order valence-electron chi connectivity index (χ3n) is 3.93. The van der Waals surface area contributed by atoms with Crippen LogP contribution in [0, 0.1) is 5.82 Å². The summed E-state index contributed by atoms with van der Waals surface area (Å²) in [5.41, 5.74) is 2.35. The summed E-state index contributed by atoms with van der Waals surface area (Å²) in [5.74, 6) is 0.746. The van der Waals surface area contributed by atoms with Gasteiger partial charge in [0.2, 0.25) is 5.82 Å². The molecule has 0 saturated carbocycles. The van der Waals surface area contributed by atoms with Crippen LogP contribution in [0.15, 0.2) is 45.3 Å². The van der Waals surface area contributed by atoms with Crippen molar-refractivity contribution in [1.29, 1.82) is 0 Å². The number of tetrazole rings is 1. The first-order valence-electron chi connectivity index (χ1n) is 8.26. The van der Waals surface area contributed by atoms with Gasteiger partial charge in [0.05, 0.1) is 11.1 Å². The molecular weight excluding hydrogens is 417 g/mol. The molecule has 4 rings (SSSR count). The molecule has 2 N–H and O–H groups in total. The summed E-state index contributed by atoms with van der Waals surface area (Å²) in [6.07, 6.45) is 0. The molecule has 0 bridgehead atoms.